The van der Waals surface area contributed by atoms with Gasteiger partial charge in [0.15, 0.2) is 5.54 Å². The summed E-state index contributed by atoms with van der Waals surface area (Å²) in [4.78, 5) is 39.6. The van der Waals surface area contributed by atoms with Crippen molar-refractivity contribution in [3.63, 3.8) is 0 Å². The Morgan fingerprint density at radius 2 is 1.80 bits per heavy atom. The fourth-order valence-corrected chi connectivity index (χ4v) is 4.04. The van der Waals surface area contributed by atoms with Crippen LogP contribution in [-0.4, -0.2) is 48.5 Å². The first kappa shape index (κ1) is 20.1. The maximum Gasteiger partial charge on any atom is 0.325 e. The molecular formula is C23H25N3O4. The van der Waals surface area contributed by atoms with Gasteiger partial charge in [0.25, 0.3) is 5.91 Å². The van der Waals surface area contributed by atoms with E-state index in [-0.39, 0.29) is 18.6 Å². The molecule has 0 radical (unpaired) electrons. The molecule has 2 aromatic carbocycles. The number of amides is 4. The molecule has 0 unspecified atom stereocenters. The first-order chi connectivity index (χ1) is 14.6. The number of carbonyl (C=O) groups excluding carboxylic acids is 3. The maximum atomic E-state index is 13.5. The SMILES string of the molecule is O=C(CN1C(=O)N[C@](Cc2ccccc2)(c2ccccc2)C1=O)NC[C@H]1CCCO1. The van der Waals surface area contributed by atoms with Gasteiger partial charge in [-0.15, -0.1) is 0 Å². The normalized spacial score (nSPS) is 23.5. The second-order valence-electron chi connectivity index (χ2n) is 7.69. The molecule has 0 aliphatic carbocycles. The summed E-state index contributed by atoms with van der Waals surface area (Å²) < 4.78 is 5.50. The van der Waals surface area contributed by atoms with Crippen LogP contribution in [-0.2, 0) is 26.3 Å². The quantitative estimate of drug-likeness (QED) is 0.687. The number of hydrogen-bond donors (Lipinski definition) is 2. The number of urea groups is 1. The monoisotopic (exact) mass is 407 g/mol. The number of ether oxygens (including phenoxy) is 1. The van der Waals surface area contributed by atoms with Crippen LogP contribution >= 0.6 is 0 Å². The molecule has 2 N–H and O–H groups in total. The molecule has 4 rings (SSSR count). The number of hydrogen-bond acceptors (Lipinski definition) is 4. The highest BCUT2D eigenvalue weighted by molar-refractivity contribution is 6.09. The van der Waals surface area contributed by atoms with E-state index in [1.807, 2.05) is 60.7 Å². The van der Waals surface area contributed by atoms with E-state index in [0.717, 1.165) is 23.3 Å². The highest BCUT2D eigenvalue weighted by Crippen LogP contribution is 2.32. The number of carbonyl (C=O) groups is 3. The average molecular weight is 407 g/mol. The lowest BCUT2D eigenvalue weighted by Crippen LogP contribution is -2.47. The molecule has 7 heteroatoms. The van der Waals surface area contributed by atoms with Crippen molar-refractivity contribution in [2.24, 2.45) is 0 Å². The van der Waals surface area contributed by atoms with Crippen molar-refractivity contribution < 1.29 is 19.1 Å². The van der Waals surface area contributed by atoms with Gasteiger partial charge in [0.2, 0.25) is 5.91 Å². The van der Waals surface area contributed by atoms with Crippen LogP contribution in [0.25, 0.3) is 0 Å². The smallest absolute Gasteiger partial charge is 0.325 e. The Morgan fingerprint density at radius 1 is 1.10 bits per heavy atom. The molecule has 0 aromatic heterocycles. The van der Waals surface area contributed by atoms with Crippen LogP contribution in [0.2, 0.25) is 0 Å². The highest BCUT2D eigenvalue weighted by Gasteiger charge is 2.52. The molecule has 0 bridgehead atoms. The zero-order chi connectivity index (χ0) is 21.0. The van der Waals surface area contributed by atoms with Crippen molar-refractivity contribution >= 4 is 17.8 Å². The zero-order valence-corrected chi connectivity index (χ0v) is 16.7. The summed E-state index contributed by atoms with van der Waals surface area (Å²) in [5.41, 5.74) is 0.364. The lowest BCUT2D eigenvalue weighted by atomic mass is 9.83. The Labute approximate surface area is 175 Å². The summed E-state index contributed by atoms with van der Waals surface area (Å²) in [7, 11) is 0. The molecule has 2 aliphatic heterocycles. The van der Waals surface area contributed by atoms with Crippen molar-refractivity contribution in [2.45, 2.75) is 30.9 Å². The summed E-state index contributed by atoms with van der Waals surface area (Å²) in [5.74, 6) is -0.799. The molecule has 4 amide bonds. The molecule has 2 fully saturated rings. The van der Waals surface area contributed by atoms with Gasteiger partial charge in [-0.2, -0.15) is 0 Å². The van der Waals surface area contributed by atoms with Gasteiger partial charge in [-0.05, 0) is 24.0 Å². The van der Waals surface area contributed by atoms with Crippen LogP contribution in [0, 0.1) is 0 Å². The van der Waals surface area contributed by atoms with Gasteiger partial charge < -0.3 is 15.4 Å². The van der Waals surface area contributed by atoms with Gasteiger partial charge in [0, 0.05) is 19.6 Å². The first-order valence-electron chi connectivity index (χ1n) is 10.2. The van der Waals surface area contributed by atoms with E-state index in [9.17, 15) is 14.4 Å². The van der Waals surface area contributed by atoms with Gasteiger partial charge in [-0.3, -0.25) is 14.5 Å². The number of nitrogens with zero attached hydrogens (tertiary/aromatic N) is 1. The Kier molecular flexibility index (Phi) is 5.81. The molecule has 7 nitrogen and oxygen atoms in total. The molecule has 30 heavy (non-hydrogen) atoms. The number of rotatable bonds is 7. The van der Waals surface area contributed by atoms with Crippen molar-refractivity contribution in [1.29, 1.82) is 0 Å². The fourth-order valence-electron chi connectivity index (χ4n) is 4.04. The van der Waals surface area contributed by atoms with Crippen LogP contribution in [0.5, 0.6) is 0 Å². The van der Waals surface area contributed by atoms with Crippen LogP contribution in [0.1, 0.15) is 24.0 Å². The van der Waals surface area contributed by atoms with Gasteiger partial charge in [0.05, 0.1) is 6.10 Å². The molecule has 0 saturated carbocycles. The van der Waals surface area contributed by atoms with Crippen LogP contribution in [0.3, 0.4) is 0 Å². The Morgan fingerprint density at radius 3 is 2.47 bits per heavy atom. The molecular weight excluding hydrogens is 382 g/mol. The van der Waals surface area contributed by atoms with Crippen LogP contribution in [0.15, 0.2) is 60.7 Å². The number of nitrogens with one attached hydrogen (secondary N) is 2. The average Bonchev–Trinajstić information content (AvgIpc) is 3.37. The van der Waals surface area contributed by atoms with E-state index in [1.54, 1.807) is 0 Å². The zero-order valence-electron chi connectivity index (χ0n) is 16.7. The minimum atomic E-state index is -1.24. The number of benzene rings is 2. The third kappa shape index (κ3) is 4.07. The third-order valence-corrected chi connectivity index (χ3v) is 5.61. The Bertz CT molecular complexity index is 913. The minimum absolute atomic E-state index is 0.00135. The summed E-state index contributed by atoms with van der Waals surface area (Å²) in [6.45, 7) is 0.768. The second-order valence-corrected chi connectivity index (χ2v) is 7.69. The molecule has 2 heterocycles. The number of imide groups is 1. The summed E-state index contributed by atoms with van der Waals surface area (Å²) in [6.07, 6.45) is 2.18. The summed E-state index contributed by atoms with van der Waals surface area (Å²) >= 11 is 0. The predicted octanol–water partition coefficient (Wildman–Crippen LogP) is 1.97. The van der Waals surface area contributed by atoms with E-state index in [4.69, 9.17) is 4.74 Å². The van der Waals surface area contributed by atoms with Gasteiger partial charge in [0.1, 0.15) is 6.54 Å². The predicted molar refractivity (Wildman–Crippen MR) is 110 cm³/mol. The van der Waals surface area contributed by atoms with E-state index >= 15 is 0 Å². The molecule has 2 aliphatic rings. The molecule has 156 valence electrons. The molecule has 0 spiro atoms. The third-order valence-electron chi connectivity index (χ3n) is 5.61. The van der Waals surface area contributed by atoms with Gasteiger partial charge in [-0.25, -0.2) is 4.79 Å². The molecule has 2 aromatic rings. The topological polar surface area (TPSA) is 87.7 Å². The van der Waals surface area contributed by atoms with Crippen molar-refractivity contribution in [1.82, 2.24) is 15.5 Å². The maximum absolute atomic E-state index is 13.5. The Balaban J connectivity index is 1.53. The summed E-state index contributed by atoms with van der Waals surface area (Å²) in [5, 5.41) is 5.64. The lowest BCUT2D eigenvalue weighted by Gasteiger charge is -2.27. The minimum Gasteiger partial charge on any atom is -0.376 e. The van der Waals surface area contributed by atoms with E-state index in [1.165, 1.54) is 0 Å². The fraction of sp³-hybridized carbons (Fsp3) is 0.348. The van der Waals surface area contributed by atoms with Crippen LogP contribution < -0.4 is 10.6 Å². The summed E-state index contributed by atoms with van der Waals surface area (Å²) in [6, 6.07) is 18.1. The Hall–Kier alpha value is -3.19. The van der Waals surface area contributed by atoms with Gasteiger partial charge >= 0.3 is 6.03 Å². The van der Waals surface area contributed by atoms with Crippen molar-refractivity contribution in [3.8, 4) is 0 Å². The lowest BCUT2D eigenvalue weighted by molar-refractivity contribution is -0.135. The first-order valence-corrected chi connectivity index (χ1v) is 10.2. The standard InChI is InChI=1S/C23H25N3O4/c27-20(24-15-19-12-7-13-30-19)16-26-21(28)23(25-22(26)29,18-10-5-2-6-11-18)14-17-8-3-1-4-9-17/h1-6,8-11,19H,7,12-16H2,(H,24,27)(H,25,29)/t19-,23-/m1/s1. The van der Waals surface area contributed by atoms with Crippen LogP contribution in [0.4, 0.5) is 4.79 Å². The largest absolute Gasteiger partial charge is 0.376 e. The molecule has 2 saturated heterocycles. The van der Waals surface area contributed by atoms with E-state index in [2.05, 4.69) is 10.6 Å². The second kappa shape index (κ2) is 8.67. The highest BCUT2D eigenvalue weighted by atomic mass is 16.5. The van der Waals surface area contributed by atoms with E-state index < -0.39 is 17.5 Å². The van der Waals surface area contributed by atoms with Crippen molar-refractivity contribution in [3.05, 3.63) is 71.8 Å². The van der Waals surface area contributed by atoms with Gasteiger partial charge in [-0.1, -0.05) is 60.7 Å². The van der Waals surface area contributed by atoms with Crippen molar-refractivity contribution in [2.75, 3.05) is 19.7 Å². The van der Waals surface area contributed by atoms with E-state index in [0.29, 0.717) is 25.1 Å². The molecule has 2 atom stereocenters.